The van der Waals surface area contributed by atoms with Crippen molar-refractivity contribution < 1.29 is 23.5 Å². The van der Waals surface area contributed by atoms with Crippen LogP contribution in [-0.2, 0) is 9.53 Å². The van der Waals surface area contributed by atoms with Crippen LogP contribution in [0.4, 0.5) is 0 Å². The number of thiophene rings is 1. The summed E-state index contributed by atoms with van der Waals surface area (Å²) in [5, 5.41) is 1.89. The number of Topliss-reactive ketones (excluding diaryl/α,β-unsaturated/α-hetero) is 1. The first-order valence-corrected chi connectivity index (χ1v) is 8.38. The van der Waals surface area contributed by atoms with Crippen LogP contribution in [0.2, 0.25) is 0 Å². The Labute approximate surface area is 143 Å². The minimum atomic E-state index is -0.460. The lowest BCUT2D eigenvalue weighted by Crippen LogP contribution is -2.16. The molecular weight excluding hydrogens is 328 g/mol. The first-order valence-electron chi connectivity index (χ1n) is 7.56. The Bertz CT molecular complexity index is 934. The van der Waals surface area contributed by atoms with Gasteiger partial charge in [0.1, 0.15) is 5.76 Å². The van der Waals surface area contributed by atoms with Crippen LogP contribution in [0.3, 0.4) is 0 Å². The van der Waals surface area contributed by atoms with Gasteiger partial charge < -0.3 is 13.9 Å². The van der Waals surface area contributed by atoms with Crippen molar-refractivity contribution in [1.82, 2.24) is 0 Å². The monoisotopic (exact) mass is 346 g/mol. The van der Waals surface area contributed by atoms with Gasteiger partial charge in [-0.3, -0.25) is 9.59 Å². The number of aryl methyl sites for hydroxylation is 1. The maximum Gasteiger partial charge on any atom is 0.308 e. The smallest absolute Gasteiger partial charge is 0.308 e. The summed E-state index contributed by atoms with van der Waals surface area (Å²) < 4.78 is 16.7. The lowest BCUT2D eigenvalue weighted by Gasteiger charge is -2.06. The van der Waals surface area contributed by atoms with Crippen LogP contribution in [0.1, 0.15) is 28.8 Å². The highest BCUT2D eigenvalue weighted by atomic mass is 32.1. The summed E-state index contributed by atoms with van der Waals surface area (Å²) in [6.45, 7) is 3.57. The molecule has 0 amide bonds. The number of methoxy groups -OCH3 is 2. The van der Waals surface area contributed by atoms with Gasteiger partial charge in [-0.1, -0.05) is 6.92 Å². The summed E-state index contributed by atoms with van der Waals surface area (Å²) in [5.41, 5.74) is 0.683. The maximum absolute atomic E-state index is 12.5. The van der Waals surface area contributed by atoms with Crippen molar-refractivity contribution in [2.45, 2.75) is 20.3 Å². The number of rotatable bonds is 5. The number of hydrogen-bond donors (Lipinski definition) is 0. The Morgan fingerprint density at radius 3 is 2.62 bits per heavy atom. The first kappa shape index (κ1) is 16.5. The number of ether oxygens (including phenoxy) is 2. The van der Waals surface area contributed by atoms with Crippen LogP contribution >= 0.6 is 11.3 Å². The normalized spacial score (nSPS) is 12.5. The summed E-state index contributed by atoms with van der Waals surface area (Å²) in [4.78, 5) is 24.6. The molecule has 0 N–H and O–H groups in total. The highest BCUT2D eigenvalue weighted by Gasteiger charge is 2.21. The van der Waals surface area contributed by atoms with E-state index in [-0.39, 0.29) is 18.2 Å². The predicted octanol–water partition coefficient (Wildman–Crippen LogP) is 4.35. The maximum atomic E-state index is 12.5. The van der Waals surface area contributed by atoms with E-state index in [4.69, 9.17) is 9.15 Å². The molecule has 3 rings (SSSR count). The number of carbonyl (C=O) groups is 2. The standard InChI is InChI=1S/C18H18O5S/c1-9(18(20)22-4)5-13(19)16-7-11-12-6-10(2)23-17(12)14(21-3)8-15(11)24-16/h6-9H,5H2,1-4H3. The third-order valence-electron chi connectivity index (χ3n) is 3.98. The lowest BCUT2D eigenvalue weighted by molar-refractivity contribution is -0.144. The van der Waals surface area contributed by atoms with Crippen molar-refractivity contribution in [2.24, 2.45) is 5.92 Å². The molecule has 0 spiro atoms. The van der Waals surface area contributed by atoms with Gasteiger partial charge in [0.15, 0.2) is 17.1 Å². The second-order valence-electron chi connectivity index (χ2n) is 5.75. The molecule has 5 nitrogen and oxygen atoms in total. The fourth-order valence-corrected chi connectivity index (χ4v) is 3.81. The highest BCUT2D eigenvalue weighted by molar-refractivity contribution is 7.21. The number of carbonyl (C=O) groups excluding carboxylic acids is 2. The van der Waals surface area contributed by atoms with E-state index in [9.17, 15) is 9.59 Å². The number of hydrogen-bond acceptors (Lipinski definition) is 6. The molecule has 2 heterocycles. The number of ketones is 1. The van der Waals surface area contributed by atoms with Crippen LogP contribution in [0.5, 0.6) is 5.75 Å². The molecule has 0 bridgehead atoms. The molecule has 1 atom stereocenters. The summed E-state index contributed by atoms with van der Waals surface area (Å²) in [6.07, 6.45) is 0.129. The van der Waals surface area contributed by atoms with E-state index < -0.39 is 5.92 Å². The predicted molar refractivity (Wildman–Crippen MR) is 93.0 cm³/mol. The zero-order valence-electron chi connectivity index (χ0n) is 14.0. The number of fused-ring (bicyclic) bond motifs is 3. The van der Waals surface area contributed by atoms with Crippen molar-refractivity contribution in [3.63, 3.8) is 0 Å². The van der Waals surface area contributed by atoms with Crippen LogP contribution in [0, 0.1) is 12.8 Å². The molecule has 1 aromatic carbocycles. The topological polar surface area (TPSA) is 65.7 Å². The fraction of sp³-hybridized carbons (Fsp3) is 0.333. The molecule has 0 radical (unpaired) electrons. The van der Waals surface area contributed by atoms with Crippen LogP contribution in [-0.4, -0.2) is 26.0 Å². The Hall–Kier alpha value is -2.34. The minimum Gasteiger partial charge on any atom is -0.493 e. The molecular formula is C18H18O5S. The zero-order valence-corrected chi connectivity index (χ0v) is 14.8. The van der Waals surface area contributed by atoms with Crippen molar-refractivity contribution in [2.75, 3.05) is 14.2 Å². The van der Waals surface area contributed by atoms with E-state index >= 15 is 0 Å². The highest BCUT2D eigenvalue weighted by Crippen LogP contribution is 2.39. The number of furan rings is 1. The Balaban J connectivity index is 2.03. The second-order valence-corrected chi connectivity index (χ2v) is 6.84. The summed E-state index contributed by atoms with van der Waals surface area (Å²) in [5.74, 6) is 0.530. The van der Waals surface area contributed by atoms with Crippen LogP contribution < -0.4 is 4.74 Å². The van der Waals surface area contributed by atoms with Crippen LogP contribution in [0.15, 0.2) is 22.6 Å². The average molecular weight is 346 g/mol. The molecule has 0 saturated heterocycles. The van der Waals surface area contributed by atoms with Gasteiger partial charge in [0.25, 0.3) is 0 Å². The van der Waals surface area contributed by atoms with Gasteiger partial charge >= 0.3 is 5.97 Å². The van der Waals surface area contributed by atoms with E-state index in [1.54, 1.807) is 14.0 Å². The Morgan fingerprint density at radius 2 is 1.96 bits per heavy atom. The molecule has 0 aliphatic carbocycles. The van der Waals surface area contributed by atoms with Crippen molar-refractivity contribution in [3.05, 3.63) is 28.8 Å². The third kappa shape index (κ3) is 2.78. The largest absolute Gasteiger partial charge is 0.493 e. The second kappa shape index (κ2) is 6.28. The van der Waals surface area contributed by atoms with E-state index in [0.717, 1.165) is 21.2 Å². The molecule has 126 valence electrons. The van der Waals surface area contributed by atoms with Gasteiger partial charge in [0.05, 0.1) is 25.0 Å². The lowest BCUT2D eigenvalue weighted by atomic mass is 10.0. The van der Waals surface area contributed by atoms with E-state index in [0.29, 0.717) is 16.2 Å². The third-order valence-corrected chi connectivity index (χ3v) is 5.11. The Kier molecular flexibility index (Phi) is 4.32. The summed E-state index contributed by atoms with van der Waals surface area (Å²) in [6, 6.07) is 5.69. The molecule has 0 saturated carbocycles. The van der Waals surface area contributed by atoms with E-state index in [1.165, 1.54) is 18.4 Å². The molecule has 0 aliphatic heterocycles. The van der Waals surface area contributed by atoms with Gasteiger partial charge in [0.2, 0.25) is 0 Å². The number of esters is 1. The van der Waals surface area contributed by atoms with Crippen LogP contribution in [0.25, 0.3) is 21.1 Å². The first-order chi connectivity index (χ1) is 11.4. The molecule has 1 unspecified atom stereocenters. The number of benzene rings is 1. The van der Waals surface area contributed by atoms with Gasteiger partial charge in [-0.05, 0) is 19.1 Å². The summed E-state index contributed by atoms with van der Waals surface area (Å²) >= 11 is 1.40. The van der Waals surface area contributed by atoms with Gasteiger partial charge in [-0.15, -0.1) is 11.3 Å². The van der Waals surface area contributed by atoms with E-state index in [2.05, 4.69) is 4.74 Å². The van der Waals surface area contributed by atoms with E-state index in [1.807, 2.05) is 25.1 Å². The molecule has 0 fully saturated rings. The molecule has 24 heavy (non-hydrogen) atoms. The van der Waals surface area contributed by atoms with Crippen molar-refractivity contribution in [1.29, 1.82) is 0 Å². The quantitative estimate of drug-likeness (QED) is 0.508. The van der Waals surface area contributed by atoms with Gasteiger partial charge in [-0.2, -0.15) is 0 Å². The molecule has 2 aromatic heterocycles. The van der Waals surface area contributed by atoms with Crippen molar-refractivity contribution >= 4 is 44.1 Å². The zero-order chi connectivity index (χ0) is 17.4. The van der Waals surface area contributed by atoms with Gasteiger partial charge in [0, 0.05) is 28.0 Å². The SMILES string of the molecule is COC(=O)C(C)CC(=O)c1cc2c(cc(OC)c3oc(C)cc32)s1. The molecule has 3 aromatic rings. The van der Waals surface area contributed by atoms with Gasteiger partial charge in [-0.25, -0.2) is 0 Å². The fourth-order valence-electron chi connectivity index (χ4n) is 2.76. The Morgan fingerprint density at radius 1 is 1.21 bits per heavy atom. The summed E-state index contributed by atoms with van der Waals surface area (Å²) in [7, 11) is 2.92. The van der Waals surface area contributed by atoms with Crippen molar-refractivity contribution in [3.8, 4) is 5.75 Å². The molecule has 0 aliphatic rings. The minimum absolute atomic E-state index is 0.0681. The molecule has 6 heteroatoms. The average Bonchev–Trinajstić information content (AvgIpc) is 3.15.